The molecule has 7 heteroatoms. The Hall–Kier alpha value is -2.96. The van der Waals surface area contributed by atoms with Crippen LogP contribution in [0, 0.1) is 0 Å². The van der Waals surface area contributed by atoms with Crippen LogP contribution in [0.5, 0.6) is 0 Å². The van der Waals surface area contributed by atoms with Crippen LogP contribution in [0.4, 0.5) is 5.69 Å². The highest BCUT2D eigenvalue weighted by atomic mass is 16.2. The molecule has 0 fully saturated rings. The third kappa shape index (κ3) is 2.79. The SMILES string of the molecule is CCN(C(=O)Cn1ncn2nc3c(c2c1=O)CCCC3)c1ccccc1. The predicted octanol–water partition coefficient (Wildman–Crippen LogP) is 1.82. The number of benzene rings is 1. The Morgan fingerprint density at radius 2 is 1.96 bits per heavy atom. The van der Waals surface area contributed by atoms with Crippen LogP contribution in [0.15, 0.2) is 41.5 Å². The molecule has 7 nitrogen and oxygen atoms in total. The first-order chi connectivity index (χ1) is 12.7. The molecule has 0 radical (unpaired) electrons. The van der Waals surface area contributed by atoms with Gasteiger partial charge in [0, 0.05) is 17.8 Å². The number of rotatable bonds is 4. The molecule has 134 valence electrons. The zero-order valence-electron chi connectivity index (χ0n) is 14.8. The summed E-state index contributed by atoms with van der Waals surface area (Å²) in [4.78, 5) is 27.3. The van der Waals surface area contributed by atoms with Crippen LogP contribution in [-0.2, 0) is 24.2 Å². The maximum absolute atomic E-state index is 12.9. The van der Waals surface area contributed by atoms with Gasteiger partial charge in [-0.15, -0.1) is 0 Å². The Bertz CT molecular complexity index is 1010. The molecule has 2 heterocycles. The number of carbonyl (C=O) groups excluding carboxylic acids is 1. The lowest BCUT2D eigenvalue weighted by Crippen LogP contribution is -2.37. The van der Waals surface area contributed by atoms with Gasteiger partial charge in [-0.05, 0) is 44.7 Å². The van der Waals surface area contributed by atoms with E-state index in [9.17, 15) is 9.59 Å². The van der Waals surface area contributed by atoms with Gasteiger partial charge in [0.25, 0.3) is 5.56 Å². The highest BCUT2D eigenvalue weighted by molar-refractivity contribution is 5.93. The number of carbonyl (C=O) groups is 1. The molecule has 0 bridgehead atoms. The number of nitrogens with zero attached hydrogens (tertiary/aromatic N) is 5. The lowest BCUT2D eigenvalue weighted by atomic mass is 9.97. The Labute approximate surface area is 150 Å². The summed E-state index contributed by atoms with van der Waals surface area (Å²) < 4.78 is 2.81. The standard InChI is InChI=1S/C19H21N5O2/c1-2-22(14-8-4-3-5-9-14)17(25)12-23-19(26)18-15-10-6-7-11-16(15)21-24(18)13-20-23/h3-5,8-9,13H,2,6-7,10-12H2,1H3. The molecule has 4 rings (SSSR count). The van der Waals surface area contributed by atoms with Crippen molar-refractivity contribution >= 4 is 17.1 Å². The largest absolute Gasteiger partial charge is 0.311 e. The second-order valence-corrected chi connectivity index (χ2v) is 6.49. The summed E-state index contributed by atoms with van der Waals surface area (Å²) in [5.41, 5.74) is 3.13. The Kier molecular flexibility index (Phi) is 4.28. The molecule has 1 aliphatic rings. The normalized spacial score (nSPS) is 13.6. The van der Waals surface area contributed by atoms with Crippen molar-refractivity contribution in [2.45, 2.75) is 39.2 Å². The van der Waals surface area contributed by atoms with E-state index in [0.29, 0.717) is 12.1 Å². The maximum Gasteiger partial charge on any atom is 0.293 e. The van der Waals surface area contributed by atoms with E-state index in [2.05, 4.69) is 10.2 Å². The van der Waals surface area contributed by atoms with Crippen LogP contribution in [0.25, 0.3) is 5.52 Å². The summed E-state index contributed by atoms with van der Waals surface area (Å²) in [5, 5.41) is 8.64. The van der Waals surface area contributed by atoms with E-state index in [1.165, 1.54) is 11.0 Å². The first kappa shape index (κ1) is 16.5. The van der Waals surface area contributed by atoms with Crippen molar-refractivity contribution in [3.05, 3.63) is 58.3 Å². The average Bonchev–Trinajstić information content (AvgIpc) is 3.05. The van der Waals surface area contributed by atoms with E-state index < -0.39 is 0 Å². The number of anilines is 1. The Morgan fingerprint density at radius 1 is 1.19 bits per heavy atom. The number of para-hydroxylation sites is 1. The molecule has 0 unspecified atom stereocenters. The van der Waals surface area contributed by atoms with E-state index in [1.54, 1.807) is 9.42 Å². The molecule has 0 atom stereocenters. The predicted molar refractivity (Wildman–Crippen MR) is 98.4 cm³/mol. The number of amides is 1. The fraction of sp³-hybridized carbons (Fsp3) is 0.368. The van der Waals surface area contributed by atoms with Crippen molar-refractivity contribution in [3.8, 4) is 0 Å². The molecular formula is C19H21N5O2. The minimum atomic E-state index is -0.249. The van der Waals surface area contributed by atoms with Crippen LogP contribution in [0.1, 0.15) is 31.0 Å². The van der Waals surface area contributed by atoms with Gasteiger partial charge in [-0.1, -0.05) is 18.2 Å². The van der Waals surface area contributed by atoms with Crippen molar-refractivity contribution in [2.24, 2.45) is 0 Å². The smallest absolute Gasteiger partial charge is 0.293 e. The zero-order valence-corrected chi connectivity index (χ0v) is 14.8. The third-order valence-corrected chi connectivity index (χ3v) is 4.89. The van der Waals surface area contributed by atoms with Gasteiger partial charge in [-0.3, -0.25) is 9.59 Å². The lowest BCUT2D eigenvalue weighted by molar-refractivity contribution is -0.119. The van der Waals surface area contributed by atoms with Gasteiger partial charge >= 0.3 is 0 Å². The second kappa shape index (κ2) is 6.74. The maximum atomic E-state index is 12.9. The molecular weight excluding hydrogens is 330 g/mol. The van der Waals surface area contributed by atoms with Gasteiger partial charge in [-0.25, -0.2) is 9.20 Å². The first-order valence-corrected chi connectivity index (χ1v) is 9.00. The molecule has 0 spiro atoms. The number of aryl methyl sites for hydroxylation is 2. The number of hydrogen-bond acceptors (Lipinski definition) is 4. The molecule has 1 aromatic carbocycles. The summed E-state index contributed by atoms with van der Waals surface area (Å²) in [6.07, 6.45) is 5.44. The van der Waals surface area contributed by atoms with Crippen molar-refractivity contribution in [1.82, 2.24) is 19.4 Å². The van der Waals surface area contributed by atoms with Gasteiger partial charge < -0.3 is 4.90 Å². The fourth-order valence-electron chi connectivity index (χ4n) is 3.61. The average molecular weight is 351 g/mol. The topological polar surface area (TPSA) is 72.5 Å². The van der Waals surface area contributed by atoms with Gasteiger partial charge in [0.15, 0.2) is 0 Å². The molecule has 1 amide bonds. The number of fused-ring (bicyclic) bond motifs is 3. The van der Waals surface area contributed by atoms with Crippen molar-refractivity contribution in [3.63, 3.8) is 0 Å². The van der Waals surface area contributed by atoms with Gasteiger partial charge in [0.2, 0.25) is 5.91 Å². The quantitative estimate of drug-likeness (QED) is 0.719. The van der Waals surface area contributed by atoms with Gasteiger partial charge in [0.05, 0.1) is 5.69 Å². The highest BCUT2D eigenvalue weighted by Crippen LogP contribution is 2.22. The number of aromatic nitrogens is 4. The first-order valence-electron chi connectivity index (χ1n) is 9.00. The number of likely N-dealkylation sites (N-methyl/N-ethyl adjacent to an activating group) is 1. The minimum Gasteiger partial charge on any atom is -0.311 e. The molecule has 0 aliphatic heterocycles. The summed E-state index contributed by atoms with van der Waals surface area (Å²) in [6.45, 7) is 2.36. The summed E-state index contributed by atoms with van der Waals surface area (Å²) in [7, 11) is 0. The van der Waals surface area contributed by atoms with Crippen LogP contribution < -0.4 is 10.5 Å². The van der Waals surface area contributed by atoms with E-state index in [0.717, 1.165) is 42.6 Å². The van der Waals surface area contributed by atoms with E-state index in [4.69, 9.17) is 0 Å². The Morgan fingerprint density at radius 3 is 2.73 bits per heavy atom. The van der Waals surface area contributed by atoms with E-state index in [-0.39, 0.29) is 18.0 Å². The molecule has 26 heavy (non-hydrogen) atoms. The molecule has 2 aromatic heterocycles. The van der Waals surface area contributed by atoms with E-state index >= 15 is 0 Å². The Balaban J connectivity index is 1.68. The lowest BCUT2D eigenvalue weighted by Gasteiger charge is -2.21. The summed E-state index contributed by atoms with van der Waals surface area (Å²) in [6, 6.07) is 9.45. The molecule has 1 aliphatic carbocycles. The van der Waals surface area contributed by atoms with Crippen LogP contribution in [0.3, 0.4) is 0 Å². The highest BCUT2D eigenvalue weighted by Gasteiger charge is 2.21. The number of hydrogen-bond donors (Lipinski definition) is 0. The van der Waals surface area contributed by atoms with Crippen LogP contribution in [-0.4, -0.2) is 31.8 Å². The molecule has 0 saturated carbocycles. The van der Waals surface area contributed by atoms with Crippen LogP contribution in [0.2, 0.25) is 0 Å². The minimum absolute atomic E-state index is 0.0853. The zero-order chi connectivity index (χ0) is 18.1. The molecule has 3 aromatic rings. The monoisotopic (exact) mass is 351 g/mol. The van der Waals surface area contributed by atoms with Crippen molar-refractivity contribution in [2.75, 3.05) is 11.4 Å². The van der Waals surface area contributed by atoms with Crippen molar-refractivity contribution in [1.29, 1.82) is 0 Å². The summed E-state index contributed by atoms with van der Waals surface area (Å²) in [5.74, 6) is -0.161. The van der Waals surface area contributed by atoms with Gasteiger partial charge in [0.1, 0.15) is 18.4 Å². The van der Waals surface area contributed by atoms with Gasteiger partial charge in [-0.2, -0.15) is 10.2 Å². The third-order valence-electron chi connectivity index (χ3n) is 4.89. The fourth-order valence-corrected chi connectivity index (χ4v) is 3.61. The van der Waals surface area contributed by atoms with Crippen molar-refractivity contribution < 1.29 is 4.79 Å². The second-order valence-electron chi connectivity index (χ2n) is 6.49. The van der Waals surface area contributed by atoms with Crippen LogP contribution >= 0.6 is 0 Å². The molecule has 0 saturated heterocycles. The van der Waals surface area contributed by atoms with E-state index in [1.807, 2.05) is 37.3 Å². The molecule has 0 N–H and O–H groups in total. The summed E-state index contributed by atoms with van der Waals surface area (Å²) >= 11 is 0.